The van der Waals surface area contributed by atoms with Gasteiger partial charge in [-0.25, -0.2) is 4.98 Å². The summed E-state index contributed by atoms with van der Waals surface area (Å²) in [6.45, 7) is 6.47. The Balaban J connectivity index is 1.57. The van der Waals surface area contributed by atoms with Gasteiger partial charge in [-0.3, -0.25) is 14.9 Å². The van der Waals surface area contributed by atoms with E-state index in [9.17, 15) is 14.9 Å². The second-order valence-corrected chi connectivity index (χ2v) is 8.29. The van der Waals surface area contributed by atoms with E-state index in [1.807, 2.05) is 12.1 Å². The van der Waals surface area contributed by atoms with Crippen LogP contribution in [0.2, 0.25) is 0 Å². The Morgan fingerprint density at radius 1 is 1.03 bits per heavy atom. The topological polar surface area (TPSA) is 98.3 Å². The second-order valence-electron chi connectivity index (χ2n) is 8.29. The van der Waals surface area contributed by atoms with E-state index in [4.69, 9.17) is 4.42 Å². The molecule has 0 aliphatic heterocycles. The Bertz CT molecular complexity index is 1280. The maximum absolute atomic E-state index is 12.5. The molecule has 0 spiro atoms. The standard InChI is InChI=1S/C24H21N3O4/c1-24(2,3)17-9-7-15(8-10-17)23-26-20-14-18(11-12-21(20)31-23)25-22(28)16-5-4-6-19(13-16)27(29)30/h4-14H,1-3H3,(H,25,28). The van der Waals surface area contributed by atoms with Crippen LogP contribution in [0, 0.1) is 10.1 Å². The van der Waals surface area contributed by atoms with Crippen molar-refractivity contribution in [1.29, 1.82) is 0 Å². The molecule has 4 rings (SSSR count). The number of hydrogen-bond donors (Lipinski definition) is 1. The number of fused-ring (bicyclic) bond motifs is 1. The molecule has 0 aliphatic rings. The third kappa shape index (κ3) is 4.30. The first-order valence-corrected chi connectivity index (χ1v) is 9.78. The average Bonchev–Trinajstić information content (AvgIpc) is 3.16. The van der Waals surface area contributed by atoms with Crippen LogP contribution in [0.15, 0.2) is 71.1 Å². The molecule has 0 fully saturated rings. The summed E-state index contributed by atoms with van der Waals surface area (Å²) in [5, 5.41) is 13.7. The molecule has 0 bridgehead atoms. The number of carbonyl (C=O) groups excluding carboxylic acids is 1. The summed E-state index contributed by atoms with van der Waals surface area (Å²) in [4.78, 5) is 27.4. The summed E-state index contributed by atoms with van der Waals surface area (Å²) in [5.41, 5.74) is 3.94. The molecular weight excluding hydrogens is 394 g/mol. The molecule has 0 unspecified atom stereocenters. The number of aromatic nitrogens is 1. The van der Waals surface area contributed by atoms with E-state index in [0.717, 1.165) is 5.56 Å². The summed E-state index contributed by atoms with van der Waals surface area (Å²) in [5.74, 6) is 0.0576. The Hall–Kier alpha value is -4.00. The lowest BCUT2D eigenvalue weighted by Gasteiger charge is -2.18. The number of amides is 1. The van der Waals surface area contributed by atoms with Crippen LogP contribution in [0.25, 0.3) is 22.6 Å². The minimum Gasteiger partial charge on any atom is -0.436 e. The van der Waals surface area contributed by atoms with Crippen LogP contribution < -0.4 is 5.32 Å². The normalized spacial score (nSPS) is 11.5. The zero-order chi connectivity index (χ0) is 22.2. The first-order chi connectivity index (χ1) is 14.7. The van der Waals surface area contributed by atoms with Gasteiger partial charge in [0.2, 0.25) is 5.89 Å². The van der Waals surface area contributed by atoms with Crippen molar-refractivity contribution >= 4 is 28.4 Å². The van der Waals surface area contributed by atoms with E-state index in [2.05, 4.69) is 43.2 Å². The SMILES string of the molecule is CC(C)(C)c1ccc(-c2nc3cc(NC(=O)c4cccc([N+](=O)[O-])c4)ccc3o2)cc1. The Morgan fingerprint density at radius 3 is 2.45 bits per heavy atom. The molecular formula is C24H21N3O4. The van der Waals surface area contributed by atoms with Crippen LogP contribution in [0.5, 0.6) is 0 Å². The van der Waals surface area contributed by atoms with Crippen LogP contribution >= 0.6 is 0 Å². The van der Waals surface area contributed by atoms with Gasteiger partial charge in [0, 0.05) is 28.9 Å². The summed E-state index contributed by atoms with van der Waals surface area (Å²) in [6, 6.07) is 18.8. The number of anilines is 1. The maximum atomic E-state index is 12.5. The molecule has 0 atom stereocenters. The predicted molar refractivity (Wildman–Crippen MR) is 119 cm³/mol. The monoisotopic (exact) mass is 415 g/mol. The van der Waals surface area contributed by atoms with Gasteiger partial charge in [0.05, 0.1) is 4.92 Å². The predicted octanol–water partition coefficient (Wildman–Crippen LogP) is 5.95. The van der Waals surface area contributed by atoms with Crippen LogP contribution in [-0.2, 0) is 5.41 Å². The molecule has 0 aliphatic carbocycles. The van der Waals surface area contributed by atoms with Crippen molar-refractivity contribution in [2.24, 2.45) is 0 Å². The van der Waals surface area contributed by atoms with Crippen LogP contribution in [-0.4, -0.2) is 15.8 Å². The lowest BCUT2D eigenvalue weighted by Crippen LogP contribution is -2.12. The van der Waals surface area contributed by atoms with E-state index in [1.165, 1.54) is 29.8 Å². The van der Waals surface area contributed by atoms with Gasteiger partial charge in [-0.1, -0.05) is 39.0 Å². The molecule has 1 aromatic heterocycles. The van der Waals surface area contributed by atoms with Gasteiger partial charge >= 0.3 is 0 Å². The molecule has 3 aromatic carbocycles. The van der Waals surface area contributed by atoms with Gasteiger partial charge in [0.25, 0.3) is 11.6 Å². The van der Waals surface area contributed by atoms with Crippen molar-refractivity contribution in [2.45, 2.75) is 26.2 Å². The lowest BCUT2D eigenvalue weighted by molar-refractivity contribution is -0.384. The third-order valence-electron chi connectivity index (χ3n) is 4.96. The van der Waals surface area contributed by atoms with Gasteiger partial charge in [-0.15, -0.1) is 0 Å². The minimum atomic E-state index is -0.534. The molecule has 0 radical (unpaired) electrons. The van der Waals surface area contributed by atoms with E-state index in [0.29, 0.717) is 22.7 Å². The van der Waals surface area contributed by atoms with E-state index in [-0.39, 0.29) is 16.7 Å². The van der Waals surface area contributed by atoms with Gasteiger partial charge in [-0.2, -0.15) is 0 Å². The first-order valence-electron chi connectivity index (χ1n) is 9.78. The van der Waals surface area contributed by atoms with Crippen molar-refractivity contribution in [1.82, 2.24) is 4.98 Å². The molecule has 7 heteroatoms. The highest BCUT2D eigenvalue weighted by atomic mass is 16.6. The number of nitrogens with zero attached hydrogens (tertiary/aromatic N) is 2. The van der Waals surface area contributed by atoms with Gasteiger partial charge in [0.15, 0.2) is 5.58 Å². The smallest absolute Gasteiger partial charge is 0.270 e. The van der Waals surface area contributed by atoms with Crippen molar-refractivity contribution in [3.8, 4) is 11.5 Å². The Labute approximate surface area is 178 Å². The minimum absolute atomic E-state index is 0.0616. The number of oxazole rings is 1. The number of hydrogen-bond acceptors (Lipinski definition) is 5. The second kappa shape index (κ2) is 7.68. The molecule has 31 heavy (non-hydrogen) atoms. The van der Waals surface area contributed by atoms with E-state index in [1.54, 1.807) is 18.2 Å². The number of benzene rings is 3. The number of rotatable bonds is 4. The van der Waals surface area contributed by atoms with Crippen molar-refractivity contribution in [3.05, 3.63) is 88.0 Å². The number of nitrogens with one attached hydrogen (secondary N) is 1. The van der Waals surface area contributed by atoms with Gasteiger partial charge < -0.3 is 9.73 Å². The highest BCUT2D eigenvalue weighted by Gasteiger charge is 2.16. The maximum Gasteiger partial charge on any atom is 0.270 e. The number of carbonyl (C=O) groups is 1. The van der Waals surface area contributed by atoms with Crippen molar-refractivity contribution in [2.75, 3.05) is 5.32 Å². The fourth-order valence-corrected chi connectivity index (χ4v) is 3.21. The van der Waals surface area contributed by atoms with Gasteiger partial charge in [0.1, 0.15) is 5.52 Å². The summed E-state index contributed by atoms with van der Waals surface area (Å²) in [7, 11) is 0. The Kier molecular flexibility index (Phi) is 5.02. The number of non-ortho nitro benzene ring substituents is 1. The van der Waals surface area contributed by atoms with E-state index >= 15 is 0 Å². The largest absolute Gasteiger partial charge is 0.436 e. The summed E-state index contributed by atoms with van der Waals surface area (Å²) in [6.07, 6.45) is 0. The van der Waals surface area contributed by atoms with Gasteiger partial charge in [-0.05, 0) is 47.4 Å². The van der Waals surface area contributed by atoms with Crippen LogP contribution in [0.3, 0.4) is 0 Å². The fourth-order valence-electron chi connectivity index (χ4n) is 3.21. The third-order valence-corrected chi connectivity index (χ3v) is 4.96. The number of nitro groups is 1. The van der Waals surface area contributed by atoms with Crippen molar-refractivity contribution in [3.63, 3.8) is 0 Å². The highest BCUT2D eigenvalue weighted by Crippen LogP contribution is 2.29. The van der Waals surface area contributed by atoms with Crippen molar-refractivity contribution < 1.29 is 14.1 Å². The summed E-state index contributed by atoms with van der Waals surface area (Å²) < 4.78 is 5.87. The van der Waals surface area contributed by atoms with E-state index < -0.39 is 10.8 Å². The molecule has 0 saturated heterocycles. The fraction of sp³-hybridized carbons (Fsp3) is 0.167. The quantitative estimate of drug-likeness (QED) is 0.328. The number of nitro benzene ring substituents is 1. The highest BCUT2D eigenvalue weighted by molar-refractivity contribution is 6.05. The molecule has 156 valence electrons. The first kappa shape index (κ1) is 20.3. The molecule has 4 aromatic rings. The molecule has 1 amide bonds. The Morgan fingerprint density at radius 2 is 1.77 bits per heavy atom. The molecule has 1 heterocycles. The summed E-state index contributed by atoms with van der Waals surface area (Å²) >= 11 is 0. The molecule has 0 saturated carbocycles. The zero-order valence-electron chi connectivity index (χ0n) is 17.4. The zero-order valence-corrected chi connectivity index (χ0v) is 17.4. The average molecular weight is 415 g/mol. The van der Waals surface area contributed by atoms with Crippen LogP contribution in [0.4, 0.5) is 11.4 Å². The molecule has 7 nitrogen and oxygen atoms in total. The lowest BCUT2D eigenvalue weighted by atomic mass is 9.87. The molecule has 1 N–H and O–H groups in total. The van der Waals surface area contributed by atoms with Crippen LogP contribution in [0.1, 0.15) is 36.7 Å².